The minimum atomic E-state index is -0.439. The molecule has 6 heteroatoms. The number of hydrogen-bond acceptors (Lipinski definition) is 4. The van der Waals surface area contributed by atoms with Crippen LogP contribution in [-0.2, 0) is 0 Å². The van der Waals surface area contributed by atoms with E-state index < -0.39 is 5.91 Å². The Kier molecular flexibility index (Phi) is 4.81. The summed E-state index contributed by atoms with van der Waals surface area (Å²) in [7, 11) is 0. The Labute approximate surface area is 145 Å². The number of fused-ring (bicyclic) bond motifs is 1. The van der Waals surface area contributed by atoms with Gasteiger partial charge in [-0.25, -0.2) is 5.84 Å². The maximum absolute atomic E-state index is 12.9. The van der Waals surface area contributed by atoms with Crippen LogP contribution in [0.15, 0.2) is 54.7 Å². The van der Waals surface area contributed by atoms with Crippen molar-refractivity contribution in [3.05, 3.63) is 65.9 Å². The normalized spacial score (nSPS) is 10.6. The first kappa shape index (κ1) is 16.7. The number of nitrogens with one attached hydrogen (secondary N) is 1. The van der Waals surface area contributed by atoms with E-state index in [1.165, 1.54) is 10.8 Å². The molecule has 3 aromatic rings. The molecule has 0 fully saturated rings. The van der Waals surface area contributed by atoms with Crippen molar-refractivity contribution in [3.8, 4) is 5.75 Å². The van der Waals surface area contributed by atoms with Crippen LogP contribution in [0.3, 0.4) is 0 Å². The predicted molar refractivity (Wildman–Crippen MR) is 95.5 cm³/mol. The van der Waals surface area contributed by atoms with E-state index >= 15 is 0 Å². The molecule has 2 aromatic carbocycles. The van der Waals surface area contributed by atoms with Crippen LogP contribution < -0.4 is 16.0 Å². The molecular weight excluding hydrogens is 318 g/mol. The van der Waals surface area contributed by atoms with E-state index in [4.69, 9.17) is 10.6 Å². The lowest BCUT2D eigenvalue weighted by Gasteiger charge is -2.07. The lowest BCUT2D eigenvalue weighted by Crippen LogP contribution is -2.29. The molecule has 3 N–H and O–H groups in total. The number of carbonyl (C=O) groups excluding carboxylic acids is 2. The standard InChI is InChI=1S/C19H19N3O3/c1-2-11-25-14-9-7-13(8-10-14)19(24)22-12-16(18(23)21-20)15-5-3-4-6-17(15)22/h3-10,12H,2,11,20H2,1H3,(H,21,23). The van der Waals surface area contributed by atoms with E-state index in [-0.39, 0.29) is 5.91 Å². The number of amides is 1. The van der Waals surface area contributed by atoms with Crippen LogP contribution in [0.1, 0.15) is 34.1 Å². The molecule has 1 amide bonds. The zero-order valence-electron chi connectivity index (χ0n) is 13.9. The third-order valence-electron chi connectivity index (χ3n) is 3.88. The largest absolute Gasteiger partial charge is 0.494 e. The molecule has 3 rings (SSSR count). The number of aromatic nitrogens is 1. The molecule has 0 aliphatic carbocycles. The van der Waals surface area contributed by atoms with E-state index in [0.29, 0.717) is 28.6 Å². The number of hydrogen-bond donors (Lipinski definition) is 2. The predicted octanol–water partition coefficient (Wildman–Crippen LogP) is 2.72. The Morgan fingerprint density at radius 3 is 2.52 bits per heavy atom. The van der Waals surface area contributed by atoms with Crippen molar-refractivity contribution < 1.29 is 14.3 Å². The highest BCUT2D eigenvalue weighted by Crippen LogP contribution is 2.23. The van der Waals surface area contributed by atoms with Gasteiger partial charge in [-0.15, -0.1) is 0 Å². The van der Waals surface area contributed by atoms with Crippen molar-refractivity contribution in [2.45, 2.75) is 13.3 Å². The fourth-order valence-electron chi connectivity index (χ4n) is 2.66. The van der Waals surface area contributed by atoms with Gasteiger partial charge < -0.3 is 4.74 Å². The van der Waals surface area contributed by atoms with Gasteiger partial charge in [-0.3, -0.25) is 19.6 Å². The SMILES string of the molecule is CCCOc1ccc(C(=O)n2cc(C(=O)NN)c3ccccc32)cc1. The third-order valence-corrected chi connectivity index (χ3v) is 3.88. The van der Waals surface area contributed by atoms with Gasteiger partial charge in [-0.1, -0.05) is 25.1 Å². The lowest BCUT2D eigenvalue weighted by molar-refractivity contribution is 0.0955. The number of rotatable bonds is 5. The number of ether oxygens (including phenoxy) is 1. The maximum Gasteiger partial charge on any atom is 0.267 e. The van der Waals surface area contributed by atoms with Gasteiger partial charge in [0.15, 0.2) is 0 Å². The average Bonchev–Trinajstić information content (AvgIpc) is 3.05. The lowest BCUT2D eigenvalue weighted by atomic mass is 10.1. The molecule has 25 heavy (non-hydrogen) atoms. The fourth-order valence-corrected chi connectivity index (χ4v) is 2.66. The molecule has 0 bridgehead atoms. The number of nitrogen functional groups attached to an aromatic ring is 1. The van der Waals surface area contributed by atoms with Crippen LogP contribution in [0.25, 0.3) is 10.9 Å². The van der Waals surface area contributed by atoms with Crippen LogP contribution in [0.2, 0.25) is 0 Å². The fraction of sp³-hybridized carbons (Fsp3) is 0.158. The molecule has 0 saturated carbocycles. The van der Waals surface area contributed by atoms with Gasteiger partial charge >= 0.3 is 0 Å². The Morgan fingerprint density at radius 1 is 1.12 bits per heavy atom. The number of hydrazine groups is 1. The molecule has 1 heterocycles. The summed E-state index contributed by atoms with van der Waals surface area (Å²) >= 11 is 0. The zero-order chi connectivity index (χ0) is 17.8. The monoisotopic (exact) mass is 337 g/mol. The number of benzene rings is 2. The topological polar surface area (TPSA) is 86.3 Å². The van der Waals surface area contributed by atoms with Crippen molar-refractivity contribution >= 4 is 22.7 Å². The summed E-state index contributed by atoms with van der Waals surface area (Å²) in [6.07, 6.45) is 2.43. The summed E-state index contributed by atoms with van der Waals surface area (Å²) in [6, 6.07) is 14.2. The van der Waals surface area contributed by atoms with E-state index in [0.717, 1.165) is 12.2 Å². The number of para-hydroxylation sites is 1. The first-order valence-corrected chi connectivity index (χ1v) is 8.04. The quantitative estimate of drug-likeness (QED) is 0.426. The minimum absolute atomic E-state index is 0.227. The molecule has 0 unspecified atom stereocenters. The van der Waals surface area contributed by atoms with Crippen molar-refractivity contribution in [1.29, 1.82) is 0 Å². The summed E-state index contributed by atoms with van der Waals surface area (Å²) < 4.78 is 6.99. The molecule has 1 aromatic heterocycles. The Morgan fingerprint density at radius 2 is 1.84 bits per heavy atom. The summed E-state index contributed by atoms with van der Waals surface area (Å²) in [6.45, 7) is 2.66. The second kappa shape index (κ2) is 7.19. The van der Waals surface area contributed by atoms with Crippen molar-refractivity contribution in [2.24, 2.45) is 5.84 Å². The molecule has 0 aliphatic heterocycles. The van der Waals surface area contributed by atoms with Crippen molar-refractivity contribution in [2.75, 3.05) is 6.61 Å². The van der Waals surface area contributed by atoms with Crippen LogP contribution in [0.4, 0.5) is 0 Å². The molecule has 0 aliphatic rings. The smallest absolute Gasteiger partial charge is 0.267 e. The second-order valence-electron chi connectivity index (χ2n) is 5.58. The van der Waals surface area contributed by atoms with Gasteiger partial charge in [-0.2, -0.15) is 0 Å². The van der Waals surface area contributed by atoms with Crippen LogP contribution in [0, 0.1) is 0 Å². The first-order valence-electron chi connectivity index (χ1n) is 8.04. The Bertz CT molecular complexity index is 913. The first-order chi connectivity index (χ1) is 12.2. The van der Waals surface area contributed by atoms with Crippen molar-refractivity contribution in [3.63, 3.8) is 0 Å². The molecule has 6 nitrogen and oxygen atoms in total. The minimum Gasteiger partial charge on any atom is -0.494 e. The van der Waals surface area contributed by atoms with Crippen LogP contribution in [0.5, 0.6) is 5.75 Å². The van der Waals surface area contributed by atoms with Gasteiger partial charge in [0.2, 0.25) is 0 Å². The zero-order valence-corrected chi connectivity index (χ0v) is 13.9. The van der Waals surface area contributed by atoms with Crippen LogP contribution >= 0.6 is 0 Å². The Hall–Kier alpha value is -3.12. The second-order valence-corrected chi connectivity index (χ2v) is 5.58. The molecule has 128 valence electrons. The average molecular weight is 337 g/mol. The summed E-state index contributed by atoms with van der Waals surface area (Å²) in [4.78, 5) is 24.8. The molecule has 0 saturated heterocycles. The van der Waals surface area contributed by atoms with E-state index in [2.05, 4.69) is 5.43 Å². The highest BCUT2D eigenvalue weighted by molar-refractivity contribution is 6.11. The van der Waals surface area contributed by atoms with Crippen molar-refractivity contribution in [1.82, 2.24) is 9.99 Å². The molecular formula is C19H19N3O3. The van der Waals surface area contributed by atoms with Gasteiger partial charge in [0.1, 0.15) is 5.75 Å². The van der Waals surface area contributed by atoms with E-state index in [1.54, 1.807) is 36.4 Å². The van der Waals surface area contributed by atoms with Crippen LogP contribution in [-0.4, -0.2) is 23.0 Å². The third kappa shape index (κ3) is 3.25. The molecule has 0 atom stereocenters. The maximum atomic E-state index is 12.9. The summed E-state index contributed by atoms with van der Waals surface area (Å²) in [5, 5.41) is 0.668. The number of nitrogens with zero attached hydrogens (tertiary/aromatic N) is 1. The van der Waals surface area contributed by atoms with Gasteiger partial charge in [0.05, 0.1) is 17.7 Å². The Balaban J connectivity index is 1.98. The van der Waals surface area contributed by atoms with E-state index in [9.17, 15) is 9.59 Å². The van der Waals surface area contributed by atoms with Gasteiger partial charge in [-0.05, 0) is 36.8 Å². The van der Waals surface area contributed by atoms with Gasteiger partial charge in [0, 0.05) is 17.1 Å². The highest BCUT2D eigenvalue weighted by Gasteiger charge is 2.18. The summed E-state index contributed by atoms with van der Waals surface area (Å²) in [5.74, 6) is 5.30. The molecule has 0 radical (unpaired) electrons. The van der Waals surface area contributed by atoms with E-state index in [1.807, 2.05) is 19.1 Å². The van der Waals surface area contributed by atoms with Gasteiger partial charge in [0.25, 0.3) is 11.8 Å². The molecule has 0 spiro atoms. The number of carbonyl (C=O) groups is 2. The summed E-state index contributed by atoms with van der Waals surface area (Å²) in [5.41, 5.74) is 3.62. The number of nitrogens with two attached hydrogens (primary N) is 1. The highest BCUT2D eigenvalue weighted by atomic mass is 16.5.